The van der Waals surface area contributed by atoms with E-state index in [1.165, 1.54) is 0 Å². The normalized spacial score (nSPS) is 19.6. The molecule has 2 rings (SSSR count). The zero-order valence-corrected chi connectivity index (χ0v) is 12.4. The number of pyridine rings is 1. The lowest BCUT2D eigenvalue weighted by Gasteiger charge is -2.18. The smallest absolute Gasteiger partial charge is 0.225 e. The molecule has 6 heteroatoms. The number of carbonyl (C=O) groups excluding carboxylic acids is 2. The van der Waals surface area contributed by atoms with Crippen molar-refractivity contribution in [2.75, 3.05) is 26.8 Å². The Morgan fingerprint density at radius 3 is 3.05 bits per heavy atom. The monoisotopic (exact) mass is 291 g/mol. The van der Waals surface area contributed by atoms with Crippen molar-refractivity contribution in [1.82, 2.24) is 15.2 Å². The van der Waals surface area contributed by atoms with Gasteiger partial charge in [-0.15, -0.1) is 0 Å². The number of methoxy groups -OCH3 is 1. The van der Waals surface area contributed by atoms with Gasteiger partial charge in [-0.1, -0.05) is 6.07 Å². The van der Waals surface area contributed by atoms with Crippen molar-refractivity contribution >= 4 is 11.8 Å². The van der Waals surface area contributed by atoms with Gasteiger partial charge in [0, 0.05) is 32.8 Å². The minimum Gasteiger partial charge on any atom is -0.383 e. The van der Waals surface area contributed by atoms with Gasteiger partial charge in [0.15, 0.2) is 0 Å². The van der Waals surface area contributed by atoms with Crippen LogP contribution in [0.25, 0.3) is 0 Å². The molecule has 0 unspecified atom stereocenters. The molecule has 1 aromatic heterocycles. The van der Waals surface area contributed by atoms with E-state index in [9.17, 15) is 9.59 Å². The molecule has 1 fully saturated rings. The number of ether oxygens (including phenoxy) is 1. The van der Waals surface area contributed by atoms with Gasteiger partial charge in [-0.25, -0.2) is 0 Å². The fourth-order valence-corrected chi connectivity index (χ4v) is 2.40. The van der Waals surface area contributed by atoms with E-state index in [4.69, 9.17) is 4.74 Å². The van der Waals surface area contributed by atoms with Gasteiger partial charge >= 0.3 is 0 Å². The molecule has 21 heavy (non-hydrogen) atoms. The first-order valence-electron chi connectivity index (χ1n) is 7.10. The van der Waals surface area contributed by atoms with Gasteiger partial charge in [-0.2, -0.15) is 0 Å². The van der Waals surface area contributed by atoms with Crippen LogP contribution >= 0.6 is 0 Å². The average molecular weight is 291 g/mol. The maximum atomic E-state index is 12.2. The van der Waals surface area contributed by atoms with Crippen LogP contribution in [0.3, 0.4) is 0 Å². The number of aromatic nitrogens is 1. The largest absolute Gasteiger partial charge is 0.383 e. The van der Waals surface area contributed by atoms with Crippen LogP contribution in [0.1, 0.15) is 25.1 Å². The Kier molecular flexibility index (Phi) is 5.27. The molecule has 2 heterocycles. The molecule has 1 aromatic rings. The van der Waals surface area contributed by atoms with E-state index in [0.29, 0.717) is 19.7 Å². The van der Waals surface area contributed by atoms with Gasteiger partial charge in [0.1, 0.15) is 0 Å². The van der Waals surface area contributed by atoms with Gasteiger partial charge in [-0.3, -0.25) is 14.6 Å². The third-order valence-electron chi connectivity index (χ3n) is 3.64. The molecule has 0 aromatic carbocycles. The molecule has 0 saturated carbocycles. The lowest BCUT2D eigenvalue weighted by Crippen LogP contribution is -2.35. The number of hydrogen-bond donors (Lipinski definition) is 1. The van der Waals surface area contributed by atoms with Crippen molar-refractivity contribution in [2.45, 2.75) is 19.4 Å². The van der Waals surface area contributed by atoms with Gasteiger partial charge in [0.25, 0.3) is 0 Å². The standard InChI is InChI=1S/C15H21N3O3/c1-11(13-5-3-4-6-16-13)17-15(20)12-9-14(19)18(10-12)7-8-21-2/h3-6,11-12H,7-10H2,1-2H3,(H,17,20)/t11-,12-/m0/s1. The Morgan fingerprint density at radius 2 is 2.38 bits per heavy atom. The number of hydrogen-bond acceptors (Lipinski definition) is 4. The van der Waals surface area contributed by atoms with Crippen molar-refractivity contribution in [3.63, 3.8) is 0 Å². The first-order chi connectivity index (χ1) is 10.1. The molecule has 114 valence electrons. The molecule has 2 atom stereocenters. The number of nitrogens with zero attached hydrogens (tertiary/aromatic N) is 2. The molecule has 1 aliphatic heterocycles. The summed E-state index contributed by atoms with van der Waals surface area (Å²) >= 11 is 0. The van der Waals surface area contributed by atoms with Crippen molar-refractivity contribution in [1.29, 1.82) is 0 Å². The summed E-state index contributed by atoms with van der Waals surface area (Å²) in [4.78, 5) is 30.0. The Balaban J connectivity index is 1.88. The SMILES string of the molecule is COCCN1C[C@@H](C(=O)N[C@@H](C)c2ccccn2)CC1=O. The second-order valence-electron chi connectivity index (χ2n) is 5.22. The zero-order valence-electron chi connectivity index (χ0n) is 12.4. The van der Waals surface area contributed by atoms with E-state index in [1.807, 2.05) is 25.1 Å². The Morgan fingerprint density at radius 1 is 1.57 bits per heavy atom. The molecule has 1 saturated heterocycles. The second-order valence-corrected chi connectivity index (χ2v) is 5.22. The number of likely N-dealkylation sites (tertiary alicyclic amines) is 1. The fourth-order valence-electron chi connectivity index (χ4n) is 2.40. The Bertz CT molecular complexity index is 492. The first kappa shape index (κ1) is 15.4. The van der Waals surface area contributed by atoms with Crippen LogP contribution in [0.5, 0.6) is 0 Å². The summed E-state index contributed by atoms with van der Waals surface area (Å²) in [6.07, 6.45) is 1.97. The second kappa shape index (κ2) is 7.17. The summed E-state index contributed by atoms with van der Waals surface area (Å²) in [7, 11) is 1.60. The van der Waals surface area contributed by atoms with E-state index in [-0.39, 0.29) is 30.2 Å². The van der Waals surface area contributed by atoms with Gasteiger partial charge in [0.2, 0.25) is 11.8 Å². The van der Waals surface area contributed by atoms with Gasteiger partial charge in [0.05, 0.1) is 24.3 Å². The van der Waals surface area contributed by atoms with Crippen LogP contribution in [0.2, 0.25) is 0 Å². The van der Waals surface area contributed by atoms with Crippen molar-refractivity contribution < 1.29 is 14.3 Å². The van der Waals surface area contributed by atoms with Crippen LogP contribution in [0, 0.1) is 5.92 Å². The quantitative estimate of drug-likeness (QED) is 0.839. The minimum absolute atomic E-state index is 0.0117. The summed E-state index contributed by atoms with van der Waals surface area (Å²) in [5.74, 6) is -0.375. The van der Waals surface area contributed by atoms with Crippen LogP contribution in [0.4, 0.5) is 0 Å². The lowest BCUT2D eigenvalue weighted by atomic mass is 10.1. The number of rotatable bonds is 6. The molecule has 2 amide bonds. The predicted molar refractivity (Wildman–Crippen MR) is 77.4 cm³/mol. The molecule has 1 aliphatic rings. The van der Waals surface area contributed by atoms with Crippen molar-refractivity contribution in [3.8, 4) is 0 Å². The molecule has 0 bridgehead atoms. The summed E-state index contributed by atoms with van der Waals surface area (Å²) in [5.41, 5.74) is 0.811. The van der Waals surface area contributed by atoms with Gasteiger partial charge < -0.3 is 15.0 Å². The highest BCUT2D eigenvalue weighted by Gasteiger charge is 2.34. The van der Waals surface area contributed by atoms with Crippen LogP contribution < -0.4 is 5.32 Å². The lowest BCUT2D eigenvalue weighted by molar-refractivity contribution is -0.129. The van der Waals surface area contributed by atoms with Crippen molar-refractivity contribution in [2.24, 2.45) is 5.92 Å². The highest BCUT2D eigenvalue weighted by atomic mass is 16.5. The molecular formula is C15H21N3O3. The fraction of sp³-hybridized carbons (Fsp3) is 0.533. The van der Waals surface area contributed by atoms with Crippen LogP contribution in [0.15, 0.2) is 24.4 Å². The predicted octanol–water partition coefficient (Wildman–Crippen LogP) is 0.754. The Labute approximate surface area is 124 Å². The highest BCUT2D eigenvalue weighted by Crippen LogP contribution is 2.19. The molecule has 6 nitrogen and oxygen atoms in total. The molecule has 0 spiro atoms. The number of amides is 2. The Hall–Kier alpha value is -1.95. The summed E-state index contributed by atoms with van der Waals surface area (Å²) in [5, 5.41) is 2.92. The van der Waals surface area contributed by atoms with E-state index >= 15 is 0 Å². The summed E-state index contributed by atoms with van der Waals surface area (Å²) in [6.45, 7) is 3.38. The van der Waals surface area contributed by atoms with E-state index < -0.39 is 0 Å². The molecule has 0 aliphatic carbocycles. The van der Waals surface area contributed by atoms with Crippen molar-refractivity contribution in [3.05, 3.63) is 30.1 Å². The van der Waals surface area contributed by atoms with E-state index in [0.717, 1.165) is 5.69 Å². The average Bonchev–Trinajstić information content (AvgIpc) is 2.87. The maximum Gasteiger partial charge on any atom is 0.225 e. The number of carbonyl (C=O) groups is 2. The summed E-state index contributed by atoms with van der Waals surface area (Å²) in [6, 6.07) is 5.43. The maximum absolute atomic E-state index is 12.2. The topological polar surface area (TPSA) is 71.5 Å². The number of nitrogens with one attached hydrogen (secondary N) is 1. The molecule has 0 radical (unpaired) electrons. The van der Waals surface area contributed by atoms with Gasteiger partial charge in [-0.05, 0) is 19.1 Å². The zero-order chi connectivity index (χ0) is 15.2. The third-order valence-corrected chi connectivity index (χ3v) is 3.64. The summed E-state index contributed by atoms with van der Waals surface area (Å²) < 4.78 is 4.97. The minimum atomic E-state index is -0.291. The first-order valence-corrected chi connectivity index (χ1v) is 7.10. The van der Waals surface area contributed by atoms with E-state index in [2.05, 4.69) is 10.3 Å². The van der Waals surface area contributed by atoms with Crippen LogP contribution in [-0.2, 0) is 14.3 Å². The molecule has 1 N–H and O–H groups in total. The third kappa shape index (κ3) is 4.01. The molecular weight excluding hydrogens is 270 g/mol. The van der Waals surface area contributed by atoms with E-state index in [1.54, 1.807) is 18.2 Å². The van der Waals surface area contributed by atoms with Crippen LogP contribution in [-0.4, -0.2) is 48.5 Å². The highest BCUT2D eigenvalue weighted by molar-refractivity contribution is 5.89.